The molecular weight excluding hydrogens is 291 g/mol. The summed E-state index contributed by atoms with van der Waals surface area (Å²) >= 11 is 0. The van der Waals surface area contributed by atoms with Gasteiger partial charge >= 0.3 is 7.12 Å². The van der Waals surface area contributed by atoms with Crippen LogP contribution in [0.2, 0.25) is 0 Å². The number of aromatic nitrogens is 2. The van der Waals surface area contributed by atoms with Crippen molar-refractivity contribution in [3.05, 3.63) is 47.8 Å². The Morgan fingerprint density at radius 3 is 2.30 bits per heavy atom. The van der Waals surface area contributed by atoms with E-state index in [-0.39, 0.29) is 17.8 Å². The molecule has 5 nitrogen and oxygen atoms in total. The van der Waals surface area contributed by atoms with Gasteiger partial charge in [0.1, 0.15) is 0 Å². The molecule has 1 N–H and O–H groups in total. The molecule has 1 aromatic carbocycles. The van der Waals surface area contributed by atoms with Gasteiger partial charge in [-0.15, -0.1) is 0 Å². The van der Waals surface area contributed by atoms with Gasteiger partial charge in [-0.05, 0) is 38.8 Å². The van der Waals surface area contributed by atoms with Crippen LogP contribution in [0.3, 0.4) is 0 Å². The summed E-state index contributed by atoms with van der Waals surface area (Å²) in [5.74, 6) is 0. The summed E-state index contributed by atoms with van der Waals surface area (Å²) in [5, 5.41) is 13.8. The Balaban J connectivity index is 1.77. The molecule has 1 fully saturated rings. The van der Waals surface area contributed by atoms with E-state index in [0.29, 0.717) is 6.54 Å². The van der Waals surface area contributed by atoms with E-state index in [1.807, 2.05) is 62.8 Å². The lowest BCUT2D eigenvalue weighted by atomic mass is 9.82. The van der Waals surface area contributed by atoms with Crippen molar-refractivity contribution in [1.29, 1.82) is 0 Å². The Kier molecular flexibility index (Phi) is 4.08. The monoisotopic (exact) mass is 314 g/mol. The molecule has 0 atom stereocenters. The molecule has 2 aromatic rings. The van der Waals surface area contributed by atoms with E-state index in [1.54, 1.807) is 6.20 Å². The molecule has 23 heavy (non-hydrogen) atoms. The van der Waals surface area contributed by atoms with Crippen LogP contribution in [-0.4, -0.2) is 33.2 Å². The average molecular weight is 314 g/mol. The van der Waals surface area contributed by atoms with Gasteiger partial charge in [0.15, 0.2) is 0 Å². The molecule has 0 unspecified atom stereocenters. The van der Waals surface area contributed by atoms with Crippen molar-refractivity contribution in [2.24, 2.45) is 0 Å². The SMILES string of the molecule is CC1(C)OB(c2cnn(Cc3ccccc3CO)c2)OC1(C)C. The van der Waals surface area contributed by atoms with E-state index in [2.05, 4.69) is 5.10 Å². The second-order valence-electron chi connectivity index (χ2n) is 6.99. The summed E-state index contributed by atoms with van der Waals surface area (Å²) in [5.41, 5.74) is 2.16. The molecule has 1 saturated heterocycles. The quantitative estimate of drug-likeness (QED) is 0.873. The molecule has 2 heterocycles. The molecule has 0 spiro atoms. The third kappa shape index (κ3) is 3.07. The normalized spacial score (nSPS) is 19.3. The molecule has 0 bridgehead atoms. The van der Waals surface area contributed by atoms with Crippen LogP contribution in [0.4, 0.5) is 0 Å². The van der Waals surface area contributed by atoms with Gasteiger partial charge in [0, 0.05) is 17.9 Å². The summed E-state index contributed by atoms with van der Waals surface area (Å²) in [6, 6.07) is 7.82. The smallest absolute Gasteiger partial charge is 0.399 e. The first kappa shape index (κ1) is 16.2. The summed E-state index contributed by atoms with van der Waals surface area (Å²) in [4.78, 5) is 0. The molecule has 1 aliphatic rings. The summed E-state index contributed by atoms with van der Waals surface area (Å²) in [6.45, 7) is 8.78. The van der Waals surface area contributed by atoms with Crippen LogP contribution < -0.4 is 5.46 Å². The van der Waals surface area contributed by atoms with Crippen molar-refractivity contribution >= 4 is 12.6 Å². The molecule has 3 rings (SSSR count). The number of benzene rings is 1. The van der Waals surface area contributed by atoms with E-state index < -0.39 is 7.12 Å². The number of nitrogens with zero attached hydrogens (tertiary/aromatic N) is 2. The lowest BCUT2D eigenvalue weighted by Crippen LogP contribution is -2.41. The fraction of sp³-hybridized carbons (Fsp3) is 0.471. The zero-order valence-corrected chi connectivity index (χ0v) is 14.1. The Bertz CT molecular complexity index is 681. The van der Waals surface area contributed by atoms with Gasteiger partial charge in [-0.25, -0.2) is 0 Å². The molecule has 1 aliphatic heterocycles. The van der Waals surface area contributed by atoms with E-state index in [0.717, 1.165) is 16.6 Å². The number of hydrogen-bond acceptors (Lipinski definition) is 4. The van der Waals surface area contributed by atoms with Crippen LogP contribution in [0, 0.1) is 0 Å². The first-order valence-corrected chi connectivity index (χ1v) is 7.88. The van der Waals surface area contributed by atoms with E-state index in [4.69, 9.17) is 9.31 Å². The lowest BCUT2D eigenvalue weighted by Gasteiger charge is -2.32. The Morgan fingerprint density at radius 2 is 1.70 bits per heavy atom. The highest BCUT2D eigenvalue weighted by Gasteiger charge is 2.52. The lowest BCUT2D eigenvalue weighted by molar-refractivity contribution is 0.00578. The highest BCUT2D eigenvalue weighted by atomic mass is 16.7. The molecule has 0 aliphatic carbocycles. The van der Waals surface area contributed by atoms with Gasteiger partial charge in [-0.3, -0.25) is 4.68 Å². The molecular formula is C17H23BN2O3. The van der Waals surface area contributed by atoms with Crippen LogP contribution in [-0.2, 0) is 22.5 Å². The molecule has 0 radical (unpaired) electrons. The van der Waals surface area contributed by atoms with Crippen LogP contribution in [0.25, 0.3) is 0 Å². The van der Waals surface area contributed by atoms with Crippen LogP contribution >= 0.6 is 0 Å². The highest BCUT2D eigenvalue weighted by Crippen LogP contribution is 2.36. The molecule has 6 heteroatoms. The summed E-state index contributed by atoms with van der Waals surface area (Å²) in [7, 11) is -0.401. The molecule has 0 amide bonds. The largest absolute Gasteiger partial charge is 0.498 e. The maximum Gasteiger partial charge on any atom is 0.498 e. The average Bonchev–Trinajstić information content (AvgIpc) is 3.02. The standard InChI is InChI=1S/C17H23BN2O3/c1-16(2)17(3,4)23-18(22-16)15-9-19-20(11-15)10-13-7-5-6-8-14(13)12-21/h5-9,11,21H,10,12H2,1-4H3. The Labute approximate surface area is 137 Å². The van der Waals surface area contributed by atoms with Crippen molar-refractivity contribution in [2.75, 3.05) is 0 Å². The second-order valence-corrected chi connectivity index (χ2v) is 6.99. The summed E-state index contributed by atoms with van der Waals surface area (Å²) < 4.78 is 13.9. The van der Waals surface area contributed by atoms with Gasteiger partial charge < -0.3 is 14.4 Å². The predicted molar refractivity (Wildman–Crippen MR) is 89.4 cm³/mol. The predicted octanol–water partition coefficient (Wildman–Crippen LogP) is 1.72. The van der Waals surface area contributed by atoms with E-state index in [9.17, 15) is 5.11 Å². The minimum Gasteiger partial charge on any atom is -0.399 e. The minimum absolute atomic E-state index is 0.0293. The van der Waals surface area contributed by atoms with E-state index in [1.165, 1.54) is 0 Å². The zero-order valence-electron chi connectivity index (χ0n) is 14.1. The zero-order chi connectivity index (χ0) is 16.7. The maximum absolute atomic E-state index is 9.42. The molecule has 122 valence electrons. The van der Waals surface area contributed by atoms with Crippen molar-refractivity contribution < 1.29 is 14.4 Å². The van der Waals surface area contributed by atoms with Crippen molar-refractivity contribution in [3.63, 3.8) is 0 Å². The van der Waals surface area contributed by atoms with E-state index >= 15 is 0 Å². The molecule has 0 saturated carbocycles. The minimum atomic E-state index is -0.401. The van der Waals surface area contributed by atoms with Gasteiger partial charge in [0.25, 0.3) is 0 Å². The van der Waals surface area contributed by atoms with Crippen LogP contribution in [0.1, 0.15) is 38.8 Å². The maximum atomic E-state index is 9.42. The third-order valence-electron chi connectivity index (χ3n) is 4.80. The van der Waals surface area contributed by atoms with Gasteiger partial charge in [0.2, 0.25) is 0 Å². The topological polar surface area (TPSA) is 56.5 Å². The third-order valence-corrected chi connectivity index (χ3v) is 4.80. The first-order valence-electron chi connectivity index (χ1n) is 7.88. The summed E-state index contributed by atoms with van der Waals surface area (Å²) in [6.07, 6.45) is 3.72. The van der Waals surface area contributed by atoms with Crippen molar-refractivity contribution in [2.45, 2.75) is 52.0 Å². The fourth-order valence-electron chi connectivity index (χ4n) is 2.61. The Hall–Kier alpha value is -1.63. The second kappa shape index (κ2) is 5.78. The molecule has 1 aromatic heterocycles. The number of aliphatic hydroxyl groups is 1. The number of hydrogen-bond donors (Lipinski definition) is 1. The van der Waals surface area contributed by atoms with Gasteiger partial charge in [0.05, 0.1) is 24.4 Å². The van der Waals surface area contributed by atoms with Gasteiger partial charge in [-0.2, -0.15) is 5.10 Å². The van der Waals surface area contributed by atoms with Crippen molar-refractivity contribution in [3.8, 4) is 0 Å². The Morgan fingerprint density at radius 1 is 1.09 bits per heavy atom. The fourth-order valence-corrected chi connectivity index (χ4v) is 2.61. The first-order chi connectivity index (χ1) is 10.8. The van der Waals surface area contributed by atoms with Crippen molar-refractivity contribution in [1.82, 2.24) is 9.78 Å². The van der Waals surface area contributed by atoms with Crippen LogP contribution in [0.5, 0.6) is 0 Å². The number of aliphatic hydroxyl groups excluding tert-OH is 1. The number of rotatable bonds is 4. The highest BCUT2D eigenvalue weighted by molar-refractivity contribution is 6.61. The van der Waals surface area contributed by atoms with Crippen LogP contribution in [0.15, 0.2) is 36.7 Å². The van der Waals surface area contributed by atoms with Gasteiger partial charge in [-0.1, -0.05) is 24.3 Å².